The first-order valence-corrected chi connectivity index (χ1v) is 8.75. The van der Waals surface area contributed by atoms with Gasteiger partial charge in [0.2, 0.25) is 0 Å². The highest BCUT2D eigenvalue weighted by Crippen LogP contribution is 2.29. The Morgan fingerprint density at radius 3 is 2.82 bits per heavy atom. The lowest BCUT2D eigenvalue weighted by Gasteiger charge is -2.42. The van der Waals surface area contributed by atoms with Crippen LogP contribution in [0.5, 0.6) is 0 Å². The van der Waals surface area contributed by atoms with Crippen LogP contribution < -0.4 is 5.32 Å². The largest absolute Gasteiger partial charge is 0.314 e. The van der Waals surface area contributed by atoms with Gasteiger partial charge in [-0.2, -0.15) is 11.8 Å². The van der Waals surface area contributed by atoms with Gasteiger partial charge in [0.15, 0.2) is 0 Å². The molecule has 1 N–H and O–H groups in total. The van der Waals surface area contributed by atoms with Crippen LogP contribution in [0, 0.1) is 5.92 Å². The second kappa shape index (κ2) is 7.65. The van der Waals surface area contributed by atoms with Crippen molar-refractivity contribution < 1.29 is 0 Å². The molecule has 0 aromatic carbocycles. The van der Waals surface area contributed by atoms with E-state index < -0.39 is 0 Å². The number of hydrogen-bond donors (Lipinski definition) is 1. The summed E-state index contributed by atoms with van der Waals surface area (Å²) in [6.07, 6.45) is 11.0. The second-order valence-electron chi connectivity index (χ2n) is 5.55. The summed E-state index contributed by atoms with van der Waals surface area (Å²) in [6, 6.07) is 0.839. The number of piperazine rings is 1. The predicted molar refractivity (Wildman–Crippen MR) is 77.8 cm³/mol. The first-order valence-electron chi connectivity index (χ1n) is 7.35. The molecule has 2 aliphatic rings. The molecule has 100 valence electrons. The third kappa shape index (κ3) is 4.15. The zero-order valence-electron chi connectivity index (χ0n) is 11.3. The van der Waals surface area contributed by atoms with Gasteiger partial charge in [-0.3, -0.25) is 4.90 Å². The zero-order chi connectivity index (χ0) is 11.9. The normalized spacial score (nSPS) is 28.4. The van der Waals surface area contributed by atoms with Crippen molar-refractivity contribution >= 4 is 11.8 Å². The van der Waals surface area contributed by atoms with Gasteiger partial charge in [0.25, 0.3) is 0 Å². The van der Waals surface area contributed by atoms with E-state index in [0.29, 0.717) is 0 Å². The van der Waals surface area contributed by atoms with Crippen LogP contribution in [-0.2, 0) is 0 Å². The SMILES string of the molecule is CSCCCN1CCNCC1C1CCCCC1. The zero-order valence-corrected chi connectivity index (χ0v) is 12.1. The molecule has 0 bridgehead atoms. The minimum absolute atomic E-state index is 0.839. The fourth-order valence-corrected chi connectivity index (χ4v) is 3.86. The van der Waals surface area contributed by atoms with Crippen molar-refractivity contribution in [3.05, 3.63) is 0 Å². The molecular weight excluding hydrogens is 228 g/mol. The molecule has 2 fully saturated rings. The molecule has 1 saturated heterocycles. The van der Waals surface area contributed by atoms with Crippen molar-refractivity contribution in [3.8, 4) is 0 Å². The molecule has 0 aromatic rings. The highest BCUT2D eigenvalue weighted by Gasteiger charge is 2.30. The molecule has 1 unspecified atom stereocenters. The Bertz CT molecular complexity index is 204. The van der Waals surface area contributed by atoms with E-state index in [0.717, 1.165) is 12.0 Å². The number of rotatable bonds is 5. The van der Waals surface area contributed by atoms with Crippen LogP contribution in [0.2, 0.25) is 0 Å². The number of hydrogen-bond acceptors (Lipinski definition) is 3. The van der Waals surface area contributed by atoms with Gasteiger partial charge in [0.1, 0.15) is 0 Å². The van der Waals surface area contributed by atoms with Gasteiger partial charge >= 0.3 is 0 Å². The highest BCUT2D eigenvalue weighted by atomic mass is 32.2. The van der Waals surface area contributed by atoms with Gasteiger partial charge in [0, 0.05) is 25.7 Å². The summed E-state index contributed by atoms with van der Waals surface area (Å²) >= 11 is 1.98. The lowest BCUT2D eigenvalue weighted by atomic mass is 9.82. The summed E-state index contributed by atoms with van der Waals surface area (Å²) < 4.78 is 0. The third-order valence-corrected chi connectivity index (χ3v) is 5.08. The first-order chi connectivity index (χ1) is 8.42. The third-order valence-electron chi connectivity index (χ3n) is 4.39. The van der Waals surface area contributed by atoms with E-state index >= 15 is 0 Å². The maximum Gasteiger partial charge on any atom is 0.0249 e. The minimum atomic E-state index is 0.839. The van der Waals surface area contributed by atoms with Crippen LogP contribution in [0.1, 0.15) is 38.5 Å². The maximum atomic E-state index is 3.61. The van der Waals surface area contributed by atoms with Crippen molar-refractivity contribution in [2.45, 2.75) is 44.6 Å². The standard InChI is InChI=1S/C14H28N2S/c1-17-11-5-9-16-10-8-15-12-14(16)13-6-3-2-4-7-13/h13-15H,2-12H2,1H3. The van der Waals surface area contributed by atoms with Gasteiger partial charge in [0.05, 0.1) is 0 Å². The van der Waals surface area contributed by atoms with E-state index in [9.17, 15) is 0 Å². The average molecular weight is 256 g/mol. The van der Waals surface area contributed by atoms with Crippen LogP contribution in [0.15, 0.2) is 0 Å². The molecule has 1 atom stereocenters. The Morgan fingerprint density at radius 1 is 1.24 bits per heavy atom. The van der Waals surface area contributed by atoms with Gasteiger partial charge < -0.3 is 5.32 Å². The van der Waals surface area contributed by atoms with Crippen LogP contribution in [0.3, 0.4) is 0 Å². The molecule has 1 aliphatic heterocycles. The molecule has 0 radical (unpaired) electrons. The van der Waals surface area contributed by atoms with Crippen LogP contribution in [0.4, 0.5) is 0 Å². The molecule has 1 aliphatic carbocycles. The second-order valence-corrected chi connectivity index (χ2v) is 6.54. The first kappa shape index (κ1) is 13.7. The topological polar surface area (TPSA) is 15.3 Å². The lowest BCUT2D eigenvalue weighted by Crippen LogP contribution is -2.55. The molecule has 1 saturated carbocycles. The summed E-state index contributed by atoms with van der Waals surface area (Å²) in [7, 11) is 0. The average Bonchev–Trinajstić information content (AvgIpc) is 2.41. The monoisotopic (exact) mass is 256 g/mol. The van der Waals surface area contributed by atoms with Gasteiger partial charge in [-0.1, -0.05) is 19.3 Å². The molecule has 0 aromatic heterocycles. The van der Waals surface area contributed by atoms with Crippen LogP contribution >= 0.6 is 11.8 Å². The highest BCUT2D eigenvalue weighted by molar-refractivity contribution is 7.98. The van der Waals surface area contributed by atoms with Gasteiger partial charge in [-0.25, -0.2) is 0 Å². The molecule has 0 spiro atoms. The van der Waals surface area contributed by atoms with Gasteiger partial charge in [-0.05, 0) is 43.7 Å². The lowest BCUT2D eigenvalue weighted by molar-refractivity contribution is 0.0930. The van der Waals surface area contributed by atoms with E-state index in [1.54, 1.807) is 0 Å². The van der Waals surface area contributed by atoms with Crippen molar-refractivity contribution in [1.82, 2.24) is 10.2 Å². The molecule has 1 heterocycles. The molecule has 2 nitrogen and oxygen atoms in total. The molecular formula is C14H28N2S. The Balaban J connectivity index is 1.82. The van der Waals surface area contributed by atoms with Crippen molar-refractivity contribution in [1.29, 1.82) is 0 Å². The van der Waals surface area contributed by atoms with Crippen molar-refractivity contribution in [2.24, 2.45) is 5.92 Å². The van der Waals surface area contributed by atoms with E-state index in [2.05, 4.69) is 16.5 Å². The van der Waals surface area contributed by atoms with Crippen molar-refractivity contribution in [3.63, 3.8) is 0 Å². The number of nitrogens with one attached hydrogen (secondary N) is 1. The Kier molecular flexibility index (Phi) is 6.16. The summed E-state index contributed by atoms with van der Waals surface area (Å²) in [5, 5.41) is 3.61. The number of thioether (sulfide) groups is 1. The molecule has 3 heteroatoms. The van der Waals surface area contributed by atoms with Crippen LogP contribution in [0.25, 0.3) is 0 Å². The number of nitrogens with zero attached hydrogens (tertiary/aromatic N) is 1. The summed E-state index contributed by atoms with van der Waals surface area (Å²) in [6.45, 7) is 5.03. The summed E-state index contributed by atoms with van der Waals surface area (Å²) in [5.74, 6) is 2.30. The quantitative estimate of drug-likeness (QED) is 0.761. The van der Waals surface area contributed by atoms with Gasteiger partial charge in [-0.15, -0.1) is 0 Å². The Labute approximate surface area is 111 Å². The minimum Gasteiger partial charge on any atom is -0.314 e. The fourth-order valence-electron chi connectivity index (χ4n) is 3.44. The maximum absolute atomic E-state index is 3.61. The van der Waals surface area contributed by atoms with E-state index in [1.165, 1.54) is 70.5 Å². The van der Waals surface area contributed by atoms with E-state index in [4.69, 9.17) is 0 Å². The van der Waals surface area contributed by atoms with E-state index in [1.807, 2.05) is 11.8 Å². The Hall–Kier alpha value is 0.270. The fraction of sp³-hybridized carbons (Fsp3) is 1.00. The van der Waals surface area contributed by atoms with E-state index in [-0.39, 0.29) is 0 Å². The molecule has 2 rings (SSSR count). The summed E-state index contributed by atoms with van der Waals surface area (Å²) in [5.41, 5.74) is 0. The summed E-state index contributed by atoms with van der Waals surface area (Å²) in [4.78, 5) is 2.78. The molecule has 0 amide bonds. The smallest absolute Gasteiger partial charge is 0.0249 e. The van der Waals surface area contributed by atoms with Crippen molar-refractivity contribution in [2.75, 3.05) is 38.2 Å². The van der Waals surface area contributed by atoms with Crippen LogP contribution in [-0.4, -0.2) is 49.1 Å². The predicted octanol–water partition coefficient (Wildman–Crippen LogP) is 2.59. The Morgan fingerprint density at radius 2 is 2.06 bits per heavy atom. The molecule has 17 heavy (non-hydrogen) atoms.